The maximum absolute atomic E-state index is 13.6. The summed E-state index contributed by atoms with van der Waals surface area (Å²) in [6.45, 7) is 10.5. The van der Waals surface area contributed by atoms with Gasteiger partial charge in [0, 0.05) is 16.9 Å². The summed E-state index contributed by atoms with van der Waals surface area (Å²) in [4.78, 5) is 2.80. The molecule has 1 fully saturated rings. The Morgan fingerprint density at radius 2 is 1.94 bits per heavy atom. The summed E-state index contributed by atoms with van der Waals surface area (Å²) in [6.07, 6.45) is -1.30. The standard InChI is InChI=1S/C20H27F3N6O3Si/c1-20(2,3)33(4,5)31-10-16-19(30)15(8-17(32-16)26-27-24)29-9-14(25-28-29)11-6-12(21)18(23)13(22)7-11/h6-7,9,15-17,19,30H,8,10H2,1-5H3/t15-,16-,17-,19+/m1/s1. The maximum Gasteiger partial charge on any atom is 0.194 e. The van der Waals surface area contributed by atoms with E-state index in [9.17, 15) is 18.3 Å². The highest BCUT2D eigenvalue weighted by atomic mass is 28.4. The summed E-state index contributed by atoms with van der Waals surface area (Å²) in [5, 5.41) is 22.4. The summed E-state index contributed by atoms with van der Waals surface area (Å²) in [7, 11) is -2.15. The average Bonchev–Trinajstić information content (AvgIpc) is 3.21. The Balaban J connectivity index is 1.85. The molecule has 1 aromatic carbocycles. The van der Waals surface area contributed by atoms with Crippen LogP contribution in [0.2, 0.25) is 18.1 Å². The number of aliphatic hydroxyl groups excluding tert-OH is 1. The van der Waals surface area contributed by atoms with Crippen molar-refractivity contribution in [2.75, 3.05) is 6.61 Å². The molecule has 33 heavy (non-hydrogen) atoms. The first-order valence-electron chi connectivity index (χ1n) is 10.4. The third-order valence-electron chi connectivity index (χ3n) is 6.27. The van der Waals surface area contributed by atoms with E-state index in [2.05, 4.69) is 54.2 Å². The van der Waals surface area contributed by atoms with Crippen LogP contribution in [-0.4, -0.2) is 53.5 Å². The minimum Gasteiger partial charge on any atom is -0.414 e. The van der Waals surface area contributed by atoms with Gasteiger partial charge in [-0.2, -0.15) is 0 Å². The molecule has 1 aromatic heterocycles. The molecular formula is C20H27F3N6O3Si. The Morgan fingerprint density at radius 1 is 1.30 bits per heavy atom. The molecule has 9 nitrogen and oxygen atoms in total. The quantitative estimate of drug-likeness (QED) is 0.209. The molecule has 0 amide bonds. The first-order valence-corrected chi connectivity index (χ1v) is 13.3. The normalized spacial score (nSPS) is 23.9. The van der Waals surface area contributed by atoms with Gasteiger partial charge in [-0.25, -0.2) is 17.9 Å². The van der Waals surface area contributed by atoms with Gasteiger partial charge in [-0.1, -0.05) is 31.1 Å². The Labute approximate surface area is 190 Å². The van der Waals surface area contributed by atoms with Crippen LogP contribution in [-0.2, 0) is 9.16 Å². The third-order valence-corrected chi connectivity index (χ3v) is 10.8. The molecule has 0 radical (unpaired) electrons. The van der Waals surface area contributed by atoms with Gasteiger partial charge in [0.05, 0.1) is 18.8 Å². The maximum atomic E-state index is 13.6. The Kier molecular flexibility index (Phi) is 7.20. The number of halogens is 3. The number of hydrogen-bond donors (Lipinski definition) is 1. The molecule has 2 aromatic rings. The van der Waals surface area contributed by atoms with Gasteiger partial charge in [0.15, 0.2) is 25.8 Å². The monoisotopic (exact) mass is 484 g/mol. The van der Waals surface area contributed by atoms with Gasteiger partial charge in [-0.05, 0) is 35.8 Å². The fourth-order valence-electron chi connectivity index (χ4n) is 3.25. The van der Waals surface area contributed by atoms with Gasteiger partial charge in [0.1, 0.15) is 24.1 Å². The van der Waals surface area contributed by atoms with E-state index < -0.39 is 50.2 Å². The second-order valence-corrected chi connectivity index (χ2v) is 14.3. The zero-order valence-electron chi connectivity index (χ0n) is 19.0. The highest BCUT2D eigenvalue weighted by Gasteiger charge is 2.42. The Bertz CT molecular complexity index is 1030. The molecule has 0 aliphatic carbocycles. The van der Waals surface area contributed by atoms with Crippen molar-refractivity contribution < 1.29 is 27.4 Å². The van der Waals surface area contributed by atoms with Gasteiger partial charge in [0.2, 0.25) is 0 Å². The van der Waals surface area contributed by atoms with Crippen LogP contribution in [0.25, 0.3) is 21.7 Å². The topological polar surface area (TPSA) is 118 Å². The molecule has 1 saturated heterocycles. The number of benzene rings is 1. The number of rotatable bonds is 6. The summed E-state index contributed by atoms with van der Waals surface area (Å²) >= 11 is 0. The van der Waals surface area contributed by atoms with E-state index in [1.165, 1.54) is 10.9 Å². The molecule has 0 unspecified atom stereocenters. The van der Waals surface area contributed by atoms with Gasteiger partial charge in [-0.15, -0.1) is 5.10 Å². The summed E-state index contributed by atoms with van der Waals surface area (Å²) in [5.74, 6) is -4.28. The summed E-state index contributed by atoms with van der Waals surface area (Å²) in [6, 6.07) is 0.913. The predicted molar refractivity (Wildman–Crippen MR) is 116 cm³/mol. The molecule has 0 bridgehead atoms. The number of hydrogen-bond acceptors (Lipinski definition) is 6. The molecule has 1 N–H and O–H groups in total. The van der Waals surface area contributed by atoms with Crippen LogP contribution in [0.3, 0.4) is 0 Å². The average molecular weight is 485 g/mol. The van der Waals surface area contributed by atoms with Gasteiger partial charge in [-0.3, -0.25) is 0 Å². The van der Waals surface area contributed by atoms with Crippen LogP contribution in [0.1, 0.15) is 33.2 Å². The van der Waals surface area contributed by atoms with E-state index >= 15 is 0 Å². The van der Waals surface area contributed by atoms with E-state index in [0.29, 0.717) is 0 Å². The van der Waals surface area contributed by atoms with E-state index in [1.807, 2.05) is 0 Å². The van der Waals surface area contributed by atoms with Crippen LogP contribution < -0.4 is 0 Å². The van der Waals surface area contributed by atoms with Crippen molar-refractivity contribution in [1.29, 1.82) is 0 Å². The van der Waals surface area contributed by atoms with Crippen molar-refractivity contribution in [2.24, 2.45) is 5.11 Å². The number of aromatic nitrogens is 3. The highest BCUT2D eigenvalue weighted by molar-refractivity contribution is 6.74. The van der Waals surface area contributed by atoms with Crippen molar-refractivity contribution in [2.45, 2.75) is 69.8 Å². The lowest BCUT2D eigenvalue weighted by Crippen LogP contribution is -2.50. The van der Waals surface area contributed by atoms with Gasteiger partial charge < -0.3 is 14.3 Å². The van der Waals surface area contributed by atoms with Crippen molar-refractivity contribution in [3.63, 3.8) is 0 Å². The lowest BCUT2D eigenvalue weighted by molar-refractivity contribution is -0.152. The lowest BCUT2D eigenvalue weighted by atomic mass is 9.98. The molecule has 1 aliphatic rings. The second kappa shape index (κ2) is 9.43. The number of aliphatic hydroxyl groups is 1. The zero-order chi connectivity index (χ0) is 24.6. The molecule has 3 rings (SSSR count). The SMILES string of the molecule is CC(C)(C)[Si](C)(C)OC[C@H]1O[C@@H](N=[N+]=[N-])C[C@@H](n2cc(-c3cc(F)c(F)c(F)c3)nn2)[C@@H]1O. The minimum absolute atomic E-state index is 0.0106. The van der Waals surface area contributed by atoms with E-state index in [4.69, 9.17) is 14.7 Å². The van der Waals surface area contributed by atoms with E-state index in [0.717, 1.165) is 12.1 Å². The smallest absolute Gasteiger partial charge is 0.194 e. The van der Waals surface area contributed by atoms with E-state index in [1.54, 1.807) is 0 Å². The minimum atomic E-state index is -2.15. The van der Waals surface area contributed by atoms with Crippen molar-refractivity contribution >= 4 is 8.32 Å². The van der Waals surface area contributed by atoms with Crippen LogP contribution >= 0.6 is 0 Å². The molecule has 0 saturated carbocycles. The molecule has 2 heterocycles. The van der Waals surface area contributed by atoms with Crippen LogP contribution in [0.5, 0.6) is 0 Å². The second-order valence-electron chi connectivity index (χ2n) is 9.54. The lowest BCUT2D eigenvalue weighted by Gasteiger charge is -2.41. The number of azide groups is 1. The van der Waals surface area contributed by atoms with Crippen LogP contribution in [0.15, 0.2) is 23.4 Å². The largest absolute Gasteiger partial charge is 0.414 e. The molecule has 180 valence electrons. The third kappa shape index (κ3) is 5.39. The fraction of sp³-hybridized carbons (Fsp3) is 0.600. The Morgan fingerprint density at radius 3 is 2.52 bits per heavy atom. The fourth-order valence-corrected chi connectivity index (χ4v) is 4.26. The predicted octanol–water partition coefficient (Wildman–Crippen LogP) is 4.71. The summed E-state index contributed by atoms with van der Waals surface area (Å²) < 4.78 is 53.8. The van der Waals surface area contributed by atoms with Gasteiger partial charge in [0.25, 0.3) is 0 Å². The van der Waals surface area contributed by atoms with Crippen LogP contribution in [0, 0.1) is 17.5 Å². The molecule has 0 spiro atoms. The molecular weight excluding hydrogens is 457 g/mol. The zero-order valence-corrected chi connectivity index (χ0v) is 20.0. The highest BCUT2D eigenvalue weighted by Crippen LogP contribution is 2.38. The van der Waals surface area contributed by atoms with Crippen molar-refractivity contribution in [1.82, 2.24) is 15.0 Å². The van der Waals surface area contributed by atoms with E-state index in [-0.39, 0.29) is 29.3 Å². The first-order chi connectivity index (χ1) is 15.3. The first kappa shape index (κ1) is 25.2. The van der Waals surface area contributed by atoms with Crippen molar-refractivity contribution in [3.8, 4) is 11.3 Å². The Hall–Kier alpha value is -2.44. The van der Waals surface area contributed by atoms with Gasteiger partial charge >= 0.3 is 0 Å². The van der Waals surface area contributed by atoms with Crippen LogP contribution in [0.4, 0.5) is 13.2 Å². The summed E-state index contributed by atoms with van der Waals surface area (Å²) in [5.41, 5.74) is 8.95. The number of ether oxygens (including phenoxy) is 1. The number of nitrogens with zero attached hydrogens (tertiary/aromatic N) is 6. The molecule has 4 atom stereocenters. The van der Waals surface area contributed by atoms with Crippen molar-refractivity contribution in [3.05, 3.63) is 46.2 Å². The molecule has 1 aliphatic heterocycles. The molecule has 13 heteroatoms.